The van der Waals surface area contributed by atoms with Crippen LogP contribution in [0.2, 0.25) is 0 Å². The molecule has 0 N–H and O–H groups in total. The van der Waals surface area contributed by atoms with Gasteiger partial charge in [0, 0.05) is 18.9 Å². The number of esters is 1. The van der Waals surface area contributed by atoms with E-state index in [1.807, 2.05) is 12.1 Å². The molecule has 0 aromatic carbocycles. The molecule has 1 aliphatic heterocycles. The van der Waals surface area contributed by atoms with E-state index in [2.05, 4.69) is 4.98 Å². The van der Waals surface area contributed by atoms with E-state index >= 15 is 0 Å². The van der Waals surface area contributed by atoms with E-state index < -0.39 is 6.04 Å². The Morgan fingerprint density at radius 2 is 2.10 bits per heavy atom. The highest BCUT2D eigenvalue weighted by Gasteiger charge is 2.32. The molecule has 1 unspecified atom stereocenters. The standard InChI is InChI=1S/C15H20N2O3/c1-2-20-15(19)13-5-3-4-10-17(13)14(18)11-12-6-8-16-9-7-12/h6-9,13H,2-5,10-11H2,1H3. The van der Waals surface area contributed by atoms with Gasteiger partial charge in [-0.15, -0.1) is 0 Å². The number of aromatic nitrogens is 1. The van der Waals surface area contributed by atoms with Crippen LogP contribution in [-0.4, -0.2) is 41.0 Å². The SMILES string of the molecule is CCOC(=O)C1CCCCN1C(=O)Cc1ccncc1. The number of hydrogen-bond acceptors (Lipinski definition) is 4. The van der Waals surface area contributed by atoms with Crippen molar-refractivity contribution in [1.82, 2.24) is 9.88 Å². The maximum Gasteiger partial charge on any atom is 0.328 e. The van der Waals surface area contributed by atoms with E-state index in [-0.39, 0.29) is 11.9 Å². The van der Waals surface area contributed by atoms with E-state index in [4.69, 9.17) is 4.74 Å². The van der Waals surface area contributed by atoms with Crippen molar-refractivity contribution in [2.75, 3.05) is 13.2 Å². The first-order valence-electron chi connectivity index (χ1n) is 7.07. The first-order valence-corrected chi connectivity index (χ1v) is 7.07. The van der Waals surface area contributed by atoms with Gasteiger partial charge in [0.2, 0.25) is 5.91 Å². The summed E-state index contributed by atoms with van der Waals surface area (Å²) in [4.78, 5) is 29.9. The Morgan fingerprint density at radius 3 is 2.80 bits per heavy atom. The van der Waals surface area contributed by atoms with Crippen molar-refractivity contribution in [3.63, 3.8) is 0 Å². The third-order valence-corrected chi connectivity index (χ3v) is 3.49. The second kappa shape index (κ2) is 7.03. The monoisotopic (exact) mass is 276 g/mol. The molecule has 5 heteroatoms. The van der Waals surface area contributed by atoms with Crippen molar-refractivity contribution < 1.29 is 14.3 Å². The highest BCUT2D eigenvalue weighted by molar-refractivity contribution is 5.86. The van der Waals surface area contributed by atoms with Gasteiger partial charge in [0.25, 0.3) is 0 Å². The van der Waals surface area contributed by atoms with Gasteiger partial charge in [-0.05, 0) is 43.9 Å². The lowest BCUT2D eigenvalue weighted by Gasteiger charge is -2.34. The highest BCUT2D eigenvalue weighted by atomic mass is 16.5. The van der Waals surface area contributed by atoms with Crippen molar-refractivity contribution in [2.45, 2.75) is 38.6 Å². The zero-order valence-corrected chi connectivity index (χ0v) is 11.7. The van der Waals surface area contributed by atoms with Gasteiger partial charge in [0.1, 0.15) is 6.04 Å². The van der Waals surface area contributed by atoms with Crippen molar-refractivity contribution in [2.24, 2.45) is 0 Å². The molecule has 0 aliphatic carbocycles. The van der Waals surface area contributed by atoms with Gasteiger partial charge < -0.3 is 9.64 Å². The molecule has 1 aromatic rings. The fraction of sp³-hybridized carbons (Fsp3) is 0.533. The molecular formula is C15H20N2O3. The summed E-state index contributed by atoms with van der Waals surface area (Å²) in [6, 6.07) is 3.22. The van der Waals surface area contributed by atoms with Crippen molar-refractivity contribution in [3.8, 4) is 0 Å². The molecule has 0 spiro atoms. The van der Waals surface area contributed by atoms with Crippen molar-refractivity contribution in [1.29, 1.82) is 0 Å². The number of ether oxygens (including phenoxy) is 1. The van der Waals surface area contributed by atoms with Crippen LogP contribution in [0, 0.1) is 0 Å². The number of pyridine rings is 1. The Kier molecular flexibility index (Phi) is 5.09. The van der Waals surface area contributed by atoms with Gasteiger partial charge in [0.05, 0.1) is 13.0 Å². The summed E-state index contributed by atoms with van der Waals surface area (Å²) in [7, 11) is 0. The van der Waals surface area contributed by atoms with Gasteiger partial charge in [-0.25, -0.2) is 4.79 Å². The second-order valence-corrected chi connectivity index (χ2v) is 4.88. The Labute approximate surface area is 118 Å². The second-order valence-electron chi connectivity index (χ2n) is 4.88. The zero-order valence-electron chi connectivity index (χ0n) is 11.7. The van der Waals surface area contributed by atoms with Gasteiger partial charge in [-0.2, -0.15) is 0 Å². The first kappa shape index (κ1) is 14.5. The number of amides is 1. The van der Waals surface area contributed by atoms with E-state index in [9.17, 15) is 9.59 Å². The van der Waals surface area contributed by atoms with E-state index in [0.717, 1.165) is 18.4 Å². The topological polar surface area (TPSA) is 59.5 Å². The molecule has 2 heterocycles. The molecule has 1 fully saturated rings. The molecule has 108 valence electrons. The average Bonchev–Trinajstić information content (AvgIpc) is 2.48. The van der Waals surface area contributed by atoms with E-state index in [1.165, 1.54) is 0 Å². The summed E-state index contributed by atoms with van der Waals surface area (Å²) in [5.41, 5.74) is 0.915. The van der Waals surface area contributed by atoms with Gasteiger partial charge in [-0.1, -0.05) is 0 Å². The summed E-state index contributed by atoms with van der Waals surface area (Å²) in [5, 5.41) is 0. The fourth-order valence-electron chi connectivity index (χ4n) is 2.49. The molecular weight excluding hydrogens is 256 g/mol. The lowest BCUT2D eigenvalue weighted by molar-refractivity contribution is -0.156. The minimum absolute atomic E-state index is 0.0195. The number of nitrogens with zero attached hydrogens (tertiary/aromatic N) is 2. The van der Waals surface area contributed by atoms with Crippen molar-refractivity contribution in [3.05, 3.63) is 30.1 Å². The smallest absolute Gasteiger partial charge is 0.328 e. The molecule has 20 heavy (non-hydrogen) atoms. The summed E-state index contributed by atoms with van der Waals surface area (Å²) in [5.74, 6) is -0.302. The molecule has 2 rings (SSSR count). The molecule has 1 amide bonds. The van der Waals surface area contributed by atoms with Crippen LogP contribution < -0.4 is 0 Å². The first-order chi connectivity index (χ1) is 9.72. The minimum atomic E-state index is -0.418. The Bertz CT molecular complexity index is 461. The molecule has 1 aliphatic rings. The van der Waals surface area contributed by atoms with Crippen molar-refractivity contribution >= 4 is 11.9 Å². The Balaban J connectivity index is 2.03. The number of carbonyl (C=O) groups is 2. The van der Waals surface area contributed by atoms with Crippen LogP contribution in [0.1, 0.15) is 31.7 Å². The largest absolute Gasteiger partial charge is 0.464 e. The molecule has 1 atom stereocenters. The van der Waals surface area contributed by atoms with Gasteiger partial charge in [-0.3, -0.25) is 9.78 Å². The van der Waals surface area contributed by atoms with Crippen LogP contribution in [0.25, 0.3) is 0 Å². The number of rotatable bonds is 4. The normalized spacial score (nSPS) is 18.6. The predicted octanol–water partition coefficient (Wildman–Crippen LogP) is 1.57. The lowest BCUT2D eigenvalue weighted by Crippen LogP contribution is -2.49. The average molecular weight is 276 g/mol. The van der Waals surface area contributed by atoms with E-state index in [1.54, 1.807) is 24.2 Å². The van der Waals surface area contributed by atoms with Gasteiger partial charge in [0.15, 0.2) is 0 Å². The molecule has 1 saturated heterocycles. The summed E-state index contributed by atoms with van der Waals surface area (Å²) in [6.45, 7) is 2.76. The lowest BCUT2D eigenvalue weighted by atomic mass is 10.0. The number of carbonyl (C=O) groups excluding carboxylic acids is 2. The minimum Gasteiger partial charge on any atom is -0.464 e. The van der Waals surface area contributed by atoms with Crippen LogP contribution in [0.15, 0.2) is 24.5 Å². The Morgan fingerprint density at radius 1 is 1.35 bits per heavy atom. The third kappa shape index (κ3) is 3.56. The fourth-order valence-corrected chi connectivity index (χ4v) is 2.49. The Hall–Kier alpha value is -1.91. The quantitative estimate of drug-likeness (QED) is 0.783. The molecule has 0 bridgehead atoms. The molecule has 5 nitrogen and oxygen atoms in total. The molecule has 0 saturated carbocycles. The summed E-state index contributed by atoms with van der Waals surface area (Å²) >= 11 is 0. The van der Waals surface area contributed by atoms with Crippen LogP contribution >= 0.6 is 0 Å². The predicted molar refractivity (Wildman–Crippen MR) is 73.9 cm³/mol. The summed E-state index contributed by atoms with van der Waals surface area (Å²) in [6.07, 6.45) is 6.24. The maximum atomic E-state index is 12.4. The maximum absolute atomic E-state index is 12.4. The number of hydrogen-bond donors (Lipinski definition) is 0. The van der Waals surface area contributed by atoms with Gasteiger partial charge >= 0.3 is 5.97 Å². The molecule has 1 aromatic heterocycles. The zero-order chi connectivity index (χ0) is 14.4. The number of piperidine rings is 1. The van der Waals surface area contributed by atoms with E-state index in [0.29, 0.717) is 26.0 Å². The van der Waals surface area contributed by atoms with Crippen LogP contribution in [0.3, 0.4) is 0 Å². The van der Waals surface area contributed by atoms with Crippen LogP contribution in [0.5, 0.6) is 0 Å². The highest BCUT2D eigenvalue weighted by Crippen LogP contribution is 2.19. The molecule has 0 radical (unpaired) electrons. The van der Waals surface area contributed by atoms with Crippen LogP contribution in [0.4, 0.5) is 0 Å². The van der Waals surface area contributed by atoms with Crippen LogP contribution in [-0.2, 0) is 20.7 Å². The third-order valence-electron chi connectivity index (χ3n) is 3.49. The number of likely N-dealkylation sites (tertiary alicyclic amines) is 1. The summed E-state index contributed by atoms with van der Waals surface area (Å²) < 4.78 is 5.07.